The van der Waals surface area contributed by atoms with E-state index in [1.807, 2.05) is 17.0 Å². The molecule has 2 rings (SSSR count). The SMILES string of the molecule is CCC(NCC(=O)N1CCCC1)c1ccc(O)cc1. The number of likely N-dealkylation sites (tertiary alicyclic amines) is 1. The smallest absolute Gasteiger partial charge is 0.236 e. The Morgan fingerprint density at radius 2 is 1.95 bits per heavy atom. The average Bonchev–Trinajstić information content (AvgIpc) is 2.95. The van der Waals surface area contributed by atoms with Crippen molar-refractivity contribution in [1.82, 2.24) is 10.2 Å². The molecular formula is C15H22N2O2. The molecule has 0 spiro atoms. The molecule has 1 aromatic carbocycles. The summed E-state index contributed by atoms with van der Waals surface area (Å²) in [4.78, 5) is 13.9. The lowest BCUT2D eigenvalue weighted by atomic mass is 10.0. The first-order valence-corrected chi connectivity index (χ1v) is 7.00. The number of benzene rings is 1. The maximum atomic E-state index is 12.0. The van der Waals surface area contributed by atoms with Crippen molar-refractivity contribution in [2.24, 2.45) is 0 Å². The van der Waals surface area contributed by atoms with Crippen LogP contribution in [0, 0.1) is 0 Å². The predicted octanol–water partition coefficient (Wildman–Crippen LogP) is 2.06. The van der Waals surface area contributed by atoms with Gasteiger partial charge in [-0.1, -0.05) is 19.1 Å². The van der Waals surface area contributed by atoms with Crippen molar-refractivity contribution >= 4 is 5.91 Å². The number of amides is 1. The van der Waals surface area contributed by atoms with Gasteiger partial charge in [0.05, 0.1) is 6.54 Å². The zero-order valence-corrected chi connectivity index (χ0v) is 11.4. The Morgan fingerprint density at radius 1 is 1.32 bits per heavy atom. The van der Waals surface area contributed by atoms with Crippen LogP contribution in [0.5, 0.6) is 5.75 Å². The van der Waals surface area contributed by atoms with Gasteiger partial charge in [-0.25, -0.2) is 0 Å². The Labute approximate surface area is 114 Å². The van der Waals surface area contributed by atoms with E-state index >= 15 is 0 Å². The van der Waals surface area contributed by atoms with Gasteiger partial charge in [0, 0.05) is 19.1 Å². The molecule has 1 amide bonds. The normalized spacial score (nSPS) is 16.6. The fourth-order valence-corrected chi connectivity index (χ4v) is 2.49. The summed E-state index contributed by atoms with van der Waals surface area (Å²) in [6.45, 7) is 4.28. The molecular weight excluding hydrogens is 240 g/mol. The van der Waals surface area contributed by atoms with Crippen molar-refractivity contribution < 1.29 is 9.90 Å². The monoisotopic (exact) mass is 262 g/mol. The van der Waals surface area contributed by atoms with Crippen LogP contribution in [0.2, 0.25) is 0 Å². The number of carbonyl (C=O) groups excluding carboxylic acids is 1. The molecule has 1 unspecified atom stereocenters. The molecule has 1 aliphatic heterocycles. The van der Waals surface area contributed by atoms with Crippen molar-refractivity contribution in [3.63, 3.8) is 0 Å². The quantitative estimate of drug-likeness (QED) is 0.854. The molecule has 1 heterocycles. The Balaban J connectivity index is 1.88. The number of carbonyl (C=O) groups is 1. The van der Waals surface area contributed by atoms with Gasteiger partial charge in [-0.3, -0.25) is 4.79 Å². The molecule has 0 radical (unpaired) electrons. The zero-order valence-electron chi connectivity index (χ0n) is 11.4. The van der Waals surface area contributed by atoms with E-state index < -0.39 is 0 Å². The largest absolute Gasteiger partial charge is 0.508 e. The van der Waals surface area contributed by atoms with E-state index in [4.69, 9.17) is 0 Å². The van der Waals surface area contributed by atoms with Crippen molar-refractivity contribution in [1.29, 1.82) is 0 Å². The van der Waals surface area contributed by atoms with Crippen LogP contribution in [-0.2, 0) is 4.79 Å². The summed E-state index contributed by atoms with van der Waals surface area (Å²) in [6.07, 6.45) is 3.17. The van der Waals surface area contributed by atoms with E-state index in [1.54, 1.807) is 12.1 Å². The number of hydrogen-bond donors (Lipinski definition) is 2. The number of phenolic OH excluding ortho intramolecular Hbond substituents is 1. The van der Waals surface area contributed by atoms with Crippen LogP contribution < -0.4 is 5.32 Å². The number of nitrogens with zero attached hydrogens (tertiary/aromatic N) is 1. The van der Waals surface area contributed by atoms with Gasteiger partial charge in [-0.05, 0) is 37.0 Å². The second-order valence-corrected chi connectivity index (χ2v) is 5.02. The van der Waals surface area contributed by atoms with E-state index in [9.17, 15) is 9.90 Å². The first-order chi connectivity index (χ1) is 9.20. The third kappa shape index (κ3) is 3.70. The number of phenols is 1. The highest BCUT2D eigenvalue weighted by molar-refractivity contribution is 5.78. The van der Waals surface area contributed by atoms with Gasteiger partial charge in [-0.2, -0.15) is 0 Å². The highest BCUT2D eigenvalue weighted by Crippen LogP contribution is 2.19. The van der Waals surface area contributed by atoms with Crippen LogP contribution >= 0.6 is 0 Å². The molecule has 4 nitrogen and oxygen atoms in total. The molecule has 1 atom stereocenters. The van der Waals surface area contributed by atoms with E-state index in [0.717, 1.165) is 37.9 Å². The van der Waals surface area contributed by atoms with Crippen molar-refractivity contribution in [3.05, 3.63) is 29.8 Å². The highest BCUT2D eigenvalue weighted by atomic mass is 16.3. The second kappa shape index (κ2) is 6.57. The van der Waals surface area contributed by atoms with Crippen molar-refractivity contribution in [2.45, 2.75) is 32.2 Å². The number of aromatic hydroxyl groups is 1. The Kier molecular flexibility index (Phi) is 4.80. The van der Waals surface area contributed by atoms with E-state index in [-0.39, 0.29) is 17.7 Å². The number of hydrogen-bond acceptors (Lipinski definition) is 3. The summed E-state index contributed by atoms with van der Waals surface area (Å²) >= 11 is 0. The lowest BCUT2D eigenvalue weighted by molar-refractivity contribution is -0.129. The standard InChI is InChI=1S/C15H22N2O2/c1-2-14(12-5-7-13(18)8-6-12)16-11-15(19)17-9-3-4-10-17/h5-8,14,16,18H,2-4,9-11H2,1H3. The summed E-state index contributed by atoms with van der Waals surface area (Å²) < 4.78 is 0. The molecule has 2 N–H and O–H groups in total. The molecule has 1 fully saturated rings. The van der Waals surface area contributed by atoms with Crippen molar-refractivity contribution in [3.8, 4) is 5.75 Å². The van der Waals surface area contributed by atoms with Gasteiger partial charge in [-0.15, -0.1) is 0 Å². The third-order valence-electron chi connectivity index (χ3n) is 3.66. The highest BCUT2D eigenvalue weighted by Gasteiger charge is 2.18. The summed E-state index contributed by atoms with van der Waals surface area (Å²) in [5.41, 5.74) is 1.11. The average molecular weight is 262 g/mol. The summed E-state index contributed by atoms with van der Waals surface area (Å²) in [6, 6.07) is 7.32. The zero-order chi connectivity index (χ0) is 13.7. The lowest BCUT2D eigenvalue weighted by Crippen LogP contribution is -2.37. The van der Waals surface area contributed by atoms with Gasteiger partial charge in [0.2, 0.25) is 5.91 Å². The minimum atomic E-state index is 0.159. The maximum Gasteiger partial charge on any atom is 0.236 e. The van der Waals surface area contributed by atoms with E-state index in [0.29, 0.717) is 6.54 Å². The molecule has 1 aromatic rings. The minimum absolute atomic E-state index is 0.159. The molecule has 4 heteroatoms. The molecule has 0 saturated carbocycles. The molecule has 1 aliphatic rings. The first-order valence-electron chi connectivity index (χ1n) is 7.00. The van der Waals surface area contributed by atoms with Crippen LogP contribution in [0.25, 0.3) is 0 Å². The van der Waals surface area contributed by atoms with Crippen LogP contribution in [0.15, 0.2) is 24.3 Å². The van der Waals surface area contributed by atoms with Crippen LogP contribution in [0.1, 0.15) is 37.8 Å². The molecule has 1 saturated heterocycles. The first kappa shape index (κ1) is 13.9. The van der Waals surface area contributed by atoms with Gasteiger partial charge in [0.25, 0.3) is 0 Å². The minimum Gasteiger partial charge on any atom is -0.508 e. The molecule has 0 aromatic heterocycles. The van der Waals surface area contributed by atoms with Crippen LogP contribution in [-0.4, -0.2) is 35.5 Å². The molecule has 19 heavy (non-hydrogen) atoms. The second-order valence-electron chi connectivity index (χ2n) is 5.02. The van der Waals surface area contributed by atoms with Gasteiger partial charge in [0.15, 0.2) is 0 Å². The fourth-order valence-electron chi connectivity index (χ4n) is 2.49. The van der Waals surface area contributed by atoms with Gasteiger partial charge < -0.3 is 15.3 Å². The van der Waals surface area contributed by atoms with Crippen LogP contribution in [0.3, 0.4) is 0 Å². The van der Waals surface area contributed by atoms with Gasteiger partial charge >= 0.3 is 0 Å². The van der Waals surface area contributed by atoms with Crippen LogP contribution in [0.4, 0.5) is 0 Å². The molecule has 104 valence electrons. The Hall–Kier alpha value is -1.55. The lowest BCUT2D eigenvalue weighted by Gasteiger charge is -2.20. The Bertz CT molecular complexity index is 411. The fraction of sp³-hybridized carbons (Fsp3) is 0.533. The number of rotatable bonds is 5. The predicted molar refractivity (Wildman–Crippen MR) is 75.0 cm³/mol. The summed E-state index contributed by atoms with van der Waals surface area (Å²) in [7, 11) is 0. The third-order valence-corrected chi connectivity index (χ3v) is 3.66. The Morgan fingerprint density at radius 3 is 2.53 bits per heavy atom. The molecule has 0 bridgehead atoms. The molecule has 0 aliphatic carbocycles. The van der Waals surface area contributed by atoms with Gasteiger partial charge in [0.1, 0.15) is 5.75 Å². The maximum absolute atomic E-state index is 12.0. The van der Waals surface area contributed by atoms with E-state index in [1.165, 1.54) is 0 Å². The van der Waals surface area contributed by atoms with Crippen molar-refractivity contribution in [2.75, 3.05) is 19.6 Å². The summed E-state index contributed by atoms with van der Waals surface area (Å²) in [5.74, 6) is 0.460. The number of nitrogens with one attached hydrogen (secondary N) is 1. The van der Waals surface area contributed by atoms with E-state index in [2.05, 4.69) is 12.2 Å². The topological polar surface area (TPSA) is 52.6 Å². The summed E-state index contributed by atoms with van der Waals surface area (Å²) in [5, 5.41) is 12.6.